The molecule has 0 aliphatic carbocycles. The first-order valence-corrected chi connectivity index (χ1v) is 5.65. The Morgan fingerprint density at radius 1 is 1.20 bits per heavy atom. The SMILES string of the molecule is O=C(N/N=C\c1ccc([N+](=O)[O-])cc1)c1ccncc1. The smallest absolute Gasteiger partial charge is 0.267 e. The summed E-state index contributed by atoms with van der Waals surface area (Å²) in [5.74, 6) is -0.356. The van der Waals surface area contributed by atoms with Gasteiger partial charge in [0.05, 0.1) is 11.1 Å². The van der Waals surface area contributed by atoms with E-state index in [4.69, 9.17) is 0 Å². The van der Waals surface area contributed by atoms with Gasteiger partial charge in [0.15, 0.2) is 0 Å². The summed E-state index contributed by atoms with van der Waals surface area (Å²) in [4.78, 5) is 25.4. The fourth-order valence-corrected chi connectivity index (χ4v) is 1.42. The summed E-state index contributed by atoms with van der Waals surface area (Å²) in [6.07, 6.45) is 4.42. The number of carbonyl (C=O) groups excluding carboxylic acids is 1. The largest absolute Gasteiger partial charge is 0.271 e. The minimum atomic E-state index is -0.480. The lowest BCUT2D eigenvalue weighted by molar-refractivity contribution is -0.384. The van der Waals surface area contributed by atoms with Crippen LogP contribution in [-0.2, 0) is 0 Å². The number of nitrogens with one attached hydrogen (secondary N) is 1. The standard InChI is InChI=1S/C13H10N4O3/c18-13(11-5-7-14-8-6-11)16-15-9-10-1-3-12(4-2-10)17(19)20/h1-9H,(H,16,18)/b15-9-. The molecule has 7 heteroatoms. The zero-order valence-corrected chi connectivity index (χ0v) is 10.3. The van der Waals surface area contributed by atoms with Gasteiger partial charge in [0.1, 0.15) is 0 Å². The van der Waals surface area contributed by atoms with E-state index in [1.54, 1.807) is 24.3 Å². The molecule has 0 spiro atoms. The predicted molar refractivity (Wildman–Crippen MR) is 72.4 cm³/mol. The van der Waals surface area contributed by atoms with Crippen molar-refractivity contribution in [3.63, 3.8) is 0 Å². The van der Waals surface area contributed by atoms with Gasteiger partial charge >= 0.3 is 0 Å². The van der Waals surface area contributed by atoms with Crippen LogP contribution in [0.2, 0.25) is 0 Å². The Labute approximate surface area is 114 Å². The quantitative estimate of drug-likeness (QED) is 0.520. The molecule has 1 heterocycles. The molecule has 0 radical (unpaired) electrons. The number of carbonyl (C=O) groups is 1. The Morgan fingerprint density at radius 3 is 2.45 bits per heavy atom. The van der Waals surface area contributed by atoms with Crippen molar-refractivity contribution < 1.29 is 9.72 Å². The first kappa shape index (κ1) is 13.3. The minimum absolute atomic E-state index is 0.00275. The molecule has 2 rings (SSSR count). The van der Waals surface area contributed by atoms with E-state index in [1.807, 2.05) is 0 Å². The number of benzene rings is 1. The predicted octanol–water partition coefficient (Wildman–Crippen LogP) is 1.75. The highest BCUT2D eigenvalue weighted by atomic mass is 16.6. The second kappa shape index (κ2) is 6.19. The summed E-state index contributed by atoms with van der Waals surface area (Å²) in [6.45, 7) is 0. The van der Waals surface area contributed by atoms with Crippen molar-refractivity contribution >= 4 is 17.8 Å². The molecule has 2 aromatic rings. The number of nitro groups is 1. The Balaban J connectivity index is 1.96. The van der Waals surface area contributed by atoms with Crippen LogP contribution in [0.25, 0.3) is 0 Å². The highest BCUT2D eigenvalue weighted by Crippen LogP contribution is 2.10. The van der Waals surface area contributed by atoms with E-state index in [2.05, 4.69) is 15.5 Å². The number of nitrogens with zero attached hydrogens (tertiary/aromatic N) is 3. The zero-order valence-electron chi connectivity index (χ0n) is 10.3. The lowest BCUT2D eigenvalue weighted by Gasteiger charge is -1.98. The van der Waals surface area contributed by atoms with Gasteiger partial charge in [-0.15, -0.1) is 0 Å². The summed E-state index contributed by atoms with van der Waals surface area (Å²) in [5, 5.41) is 14.3. The van der Waals surface area contributed by atoms with E-state index in [0.717, 1.165) is 0 Å². The van der Waals surface area contributed by atoms with Crippen molar-refractivity contribution in [2.45, 2.75) is 0 Å². The first-order valence-electron chi connectivity index (χ1n) is 5.65. The summed E-state index contributed by atoms with van der Waals surface area (Å²) in [6, 6.07) is 8.95. The molecule has 0 aliphatic heterocycles. The molecule has 0 aliphatic rings. The van der Waals surface area contributed by atoms with E-state index in [1.165, 1.54) is 30.7 Å². The van der Waals surface area contributed by atoms with Gasteiger partial charge in [0.25, 0.3) is 11.6 Å². The van der Waals surface area contributed by atoms with Crippen molar-refractivity contribution in [1.82, 2.24) is 10.4 Å². The van der Waals surface area contributed by atoms with Crippen LogP contribution in [0.5, 0.6) is 0 Å². The van der Waals surface area contributed by atoms with Gasteiger partial charge in [-0.3, -0.25) is 19.9 Å². The monoisotopic (exact) mass is 270 g/mol. The Hall–Kier alpha value is -3.09. The second-order valence-corrected chi connectivity index (χ2v) is 3.78. The molecule has 0 atom stereocenters. The van der Waals surface area contributed by atoms with Crippen LogP contribution in [-0.4, -0.2) is 22.0 Å². The van der Waals surface area contributed by atoms with Gasteiger partial charge in [0, 0.05) is 30.1 Å². The maximum atomic E-state index is 11.6. The van der Waals surface area contributed by atoms with Crippen LogP contribution in [0, 0.1) is 10.1 Å². The third-order valence-corrected chi connectivity index (χ3v) is 2.43. The number of aromatic nitrogens is 1. The number of hydrazone groups is 1. The lowest BCUT2D eigenvalue weighted by Crippen LogP contribution is -2.17. The molecule has 20 heavy (non-hydrogen) atoms. The van der Waals surface area contributed by atoms with Gasteiger partial charge in [-0.2, -0.15) is 5.10 Å². The second-order valence-electron chi connectivity index (χ2n) is 3.78. The molecule has 0 fully saturated rings. The maximum absolute atomic E-state index is 11.6. The molecule has 7 nitrogen and oxygen atoms in total. The zero-order chi connectivity index (χ0) is 14.4. The van der Waals surface area contributed by atoms with Crippen LogP contribution < -0.4 is 5.43 Å². The van der Waals surface area contributed by atoms with Crippen molar-refractivity contribution in [1.29, 1.82) is 0 Å². The molecular weight excluding hydrogens is 260 g/mol. The molecule has 1 aromatic heterocycles. The van der Waals surface area contributed by atoms with Crippen LogP contribution in [0.1, 0.15) is 15.9 Å². The maximum Gasteiger partial charge on any atom is 0.271 e. The van der Waals surface area contributed by atoms with Gasteiger partial charge < -0.3 is 0 Å². The number of hydrogen-bond acceptors (Lipinski definition) is 5. The summed E-state index contributed by atoms with van der Waals surface area (Å²) < 4.78 is 0. The highest BCUT2D eigenvalue weighted by molar-refractivity contribution is 5.94. The van der Waals surface area contributed by atoms with Crippen molar-refractivity contribution in [3.8, 4) is 0 Å². The van der Waals surface area contributed by atoms with Crippen LogP contribution in [0.15, 0.2) is 53.9 Å². The van der Waals surface area contributed by atoms with Gasteiger partial charge in [-0.05, 0) is 29.8 Å². The van der Waals surface area contributed by atoms with Gasteiger partial charge in [-0.1, -0.05) is 0 Å². The van der Waals surface area contributed by atoms with Crippen LogP contribution in [0.3, 0.4) is 0 Å². The van der Waals surface area contributed by atoms with E-state index in [0.29, 0.717) is 11.1 Å². The molecule has 0 unspecified atom stereocenters. The summed E-state index contributed by atoms with van der Waals surface area (Å²) in [7, 11) is 0. The Kier molecular flexibility index (Phi) is 4.13. The third kappa shape index (κ3) is 3.45. The van der Waals surface area contributed by atoms with Gasteiger partial charge in [0.2, 0.25) is 0 Å². The molecule has 100 valence electrons. The van der Waals surface area contributed by atoms with E-state index < -0.39 is 4.92 Å². The third-order valence-electron chi connectivity index (χ3n) is 2.43. The molecule has 1 aromatic carbocycles. The molecule has 0 saturated carbocycles. The molecule has 1 N–H and O–H groups in total. The number of pyridine rings is 1. The molecule has 0 bridgehead atoms. The number of rotatable bonds is 4. The average Bonchev–Trinajstić information content (AvgIpc) is 2.48. The van der Waals surface area contributed by atoms with E-state index in [9.17, 15) is 14.9 Å². The fraction of sp³-hybridized carbons (Fsp3) is 0. The molecule has 1 amide bonds. The molecular formula is C13H10N4O3. The Morgan fingerprint density at radius 2 is 1.85 bits per heavy atom. The fourth-order valence-electron chi connectivity index (χ4n) is 1.42. The van der Waals surface area contributed by atoms with Crippen LogP contribution in [0.4, 0.5) is 5.69 Å². The lowest BCUT2D eigenvalue weighted by atomic mass is 10.2. The van der Waals surface area contributed by atoms with E-state index >= 15 is 0 Å². The number of hydrogen-bond donors (Lipinski definition) is 1. The van der Waals surface area contributed by atoms with Crippen molar-refractivity contribution in [2.24, 2.45) is 5.10 Å². The normalized spacial score (nSPS) is 10.4. The Bertz CT molecular complexity index is 638. The van der Waals surface area contributed by atoms with Gasteiger partial charge in [-0.25, -0.2) is 5.43 Å². The van der Waals surface area contributed by atoms with Crippen molar-refractivity contribution in [3.05, 3.63) is 70.0 Å². The summed E-state index contributed by atoms with van der Waals surface area (Å²) in [5.41, 5.74) is 3.45. The number of non-ortho nitro benzene ring substituents is 1. The number of amides is 1. The molecule has 0 saturated heterocycles. The average molecular weight is 270 g/mol. The van der Waals surface area contributed by atoms with Crippen LogP contribution >= 0.6 is 0 Å². The van der Waals surface area contributed by atoms with E-state index in [-0.39, 0.29) is 11.6 Å². The topological polar surface area (TPSA) is 97.5 Å². The highest BCUT2D eigenvalue weighted by Gasteiger charge is 2.03. The minimum Gasteiger partial charge on any atom is -0.267 e. The van der Waals surface area contributed by atoms with Crippen molar-refractivity contribution in [2.75, 3.05) is 0 Å². The first-order chi connectivity index (χ1) is 9.66. The number of nitro benzene ring substituents is 1. The summed E-state index contributed by atoms with van der Waals surface area (Å²) >= 11 is 0.